The lowest BCUT2D eigenvalue weighted by Crippen LogP contribution is -2.36. The van der Waals surface area contributed by atoms with Crippen molar-refractivity contribution in [3.8, 4) is 0 Å². The summed E-state index contributed by atoms with van der Waals surface area (Å²) in [6, 6.07) is 12.4. The molecule has 2 aromatic heterocycles. The number of carbonyl (C=O) groups excluding carboxylic acids is 2. The van der Waals surface area contributed by atoms with Crippen molar-refractivity contribution in [3.05, 3.63) is 69.6 Å². The summed E-state index contributed by atoms with van der Waals surface area (Å²) in [5, 5.41) is 9.44. The predicted octanol–water partition coefficient (Wildman–Crippen LogP) is 3.46. The van der Waals surface area contributed by atoms with Crippen molar-refractivity contribution in [3.63, 3.8) is 0 Å². The molecule has 2 amide bonds. The molecule has 0 fully saturated rings. The van der Waals surface area contributed by atoms with Crippen LogP contribution in [-0.2, 0) is 16.1 Å². The van der Waals surface area contributed by atoms with Crippen LogP contribution in [0.15, 0.2) is 54.9 Å². The van der Waals surface area contributed by atoms with E-state index in [2.05, 4.69) is 15.7 Å². The zero-order valence-electron chi connectivity index (χ0n) is 14.0. The van der Waals surface area contributed by atoms with Gasteiger partial charge in [-0.1, -0.05) is 23.7 Å². The number of amides is 2. The van der Waals surface area contributed by atoms with Gasteiger partial charge in [-0.25, -0.2) is 0 Å². The van der Waals surface area contributed by atoms with E-state index in [0.29, 0.717) is 16.6 Å². The highest BCUT2D eigenvalue weighted by atomic mass is 35.5. The van der Waals surface area contributed by atoms with Gasteiger partial charge in [0.15, 0.2) is 0 Å². The first-order chi connectivity index (χ1) is 12.5. The molecule has 6 nitrogen and oxygen atoms in total. The Kier molecular flexibility index (Phi) is 5.70. The average Bonchev–Trinajstić information content (AvgIpc) is 3.26. The number of carbonyl (C=O) groups is 2. The molecule has 26 heavy (non-hydrogen) atoms. The van der Waals surface area contributed by atoms with Crippen molar-refractivity contribution in [1.82, 2.24) is 15.1 Å². The van der Waals surface area contributed by atoms with E-state index in [0.717, 1.165) is 10.4 Å². The maximum Gasteiger partial charge on any atom is 0.313 e. The summed E-state index contributed by atoms with van der Waals surface area (Å²) in [6.45, 7) is 2.39. The molecule has 2 N–H and O–H groups in total. The van der Waals surface area contributed by atoms with Crippen LogP contribution in [0.1, 0.15) is 23.4 Å². The SMILES string of the molecule is CC(NC(=O)C(=O)Nc1cccc(Cn2cccn2)c1)c1ccc(Cl)s1. The first-order valence-corrected chi connectivity index (χ1v) is 9.14. The van der Waals surface area contributed by atoms with E-state index in [1.165, 1.54) is 11.3 Å². The summed E-state index contributed by atoms with van der Waals surface area (Å²) < 4.78 is 2.42. The average molecular weight is 389 g/mol. The molecule has 0 aliphatic rings. The molecule has 0 saturated carbocycles. The van der Waals surface area contributed by atoms with Crippen molar-refractivity contribution < 1.29 is 9.59 Å². The number of aromatic nitrogens is 2. The minimum atomic E-state index is -0.712. The maximum absolute atomic E-state index is 12.1. The number of hydrogen-bond acceptors (Lipinski definition) is 4. The smallest absolute Gasteiger partial charge is 0.313 e. The van der Waals surface area contributed by atoms with Crippen LogP contribution in [0.4, 0.5) is 5.69 Å². The van der Waals surface area contributed by atoms with E-state index >= 15 is 0 Å². The van der Waals surface area contributed by atoms with Crippen molar-refractivity contribution in [2.45, 2.75) is 19.5 Å². The lowest BCUT2D eigenvalue weighted by molar-refractivity contribution is -0.136. The fourth-order valence-corrected chi connectivity index (χ4v) is 3.47. The van der Waals surface area contributed by atoms with Crippen molar-refractivity contribution in [2.75, 3.05) is 5.32 Å². The molecule has 0 bridgehead atoms. The molecule has 0 aliphatic heterocycles. The molecule has 8 heteroatoms. The quantitative estimate of drug-likeness (QED) is 0.657. The number of benzene rings is 1. The third-order valence-corrected chi connectivity index (χ3v) is 5.08. The van der Waals surface area contributed by atoms with E-state index in [9.17, 15) is 9.59 Å². The van der Waals surface area contributed by atoms with Crippen molar-refractivity contribution in [2.24, 2.45) is 0 Å². The Bertz CT molecular complexity index is 908. The highest BCUT2D eigenvalue weighted by Gasteiger charge is 2.18. The molecule has 1 aromatic carbocycles. The van der Waals surface area contributed by atoms with E-state index in [-0.39, 0.29) is 6.04 Å². The van der Waals surface area contributed by atoms with Gasteiger partial charge in [-0.2, -0.15) is 5.10 Å². The molecule has 2 heterocycles. The molecule has 3 aromatic rings. The third kappa shape index (κ3) is 4.71. The van der Waals surface area contributed by atoms with Gasteiger partial charge in [-0.15, -0.1) is 11.3 Å². The maximum atomic E-state index is 12.1. The number of thiophene rings is 1. The topological polar surface area (TPSA) is 76.0 Å². The minimum Gasteiger partial charge on any atom is -0.340 e. The second-order valence-corrected chi connectivity index (χ2v) is 7.44. The Labute approximate surface area is 159 Å². The number of hydrogen-bond donors (Lipinski definition) is 2. The summed E-state index contributed by atoms with van der Waals surface area (Å²) >= 11 is 7.26. The van der Waals surface area contributed by atoms with Gasteiger partial charge >= 0.3 is 11.8 Å². The Balaban J connectivity index is 1.59. The first kappa shape index (κ1) is 18.2. The van der Waals surface area contributed by atoms with Crippen LogP contribution in [0.5, 0.6) is 0 Å². The number of nitrogens with zero attached hydrogens (tertiary/aromatic N) is 2. The highest BCUT2D eigenvalue weighted by molar-refractivity contribution is 7.16. The summed E-state index contributed by atoms with van der Waals surface area (Å²) in [7, 11) is 0. The molecule has 0 spiro atoms. The molecular formula is C18H17ClN4O2S. The van der Waals surface area contributed by atoms with Gasteiger partial charge in [0.1, 0.15) is 0 Å². The fourth-order valence-electron chi connectivity index (χ4n) is 2.41. The van der Waals surface area contributed by atoms with E-state index in [1.54, 1.807) is 29.9 Å². The second-order valence-electron chi connectivity index (χ2n) is 5.70. The standard InChI is InChI=1S/C18H17ClN4O2S/c1-12(15-6-7-16(19)26-15)21-17(24)18(25)22-14-5-2-4-13(10-14)11-23-9-3-8-20-23/h2-10,12H,11H2,1H3,(H,21,24)(H,22,25). The summed E-state index contributed by atoms with van der Waals surface area (Å²) in [4.78, 5) is 25.1. The zero-order chi connectivity index (χ0) is 18.5. The van der Waals surface area contributed by atoms with Crippen LogP contribution in [0.25, 0.3) is 0 Å². The molecule has 0 radical (unpaired) electrons. The third-order valence-electron chi connectivity index (χ3n) is 3.66. The molecule has 0 saturated heterocycles. The number of rotatable bonds is 5. The van der Waals surface area contributed by atoms with Gasteiger partial charge in [-0.3, -0.25) is 14.3 Å². The summed E-state index contributed by atoms with van der Waals surface area (Å²) in [5.41, 5.74) is 1.52. The lowest BCUT2D eigenvalue weighted by Gasteiger charge is -2.12. The fraction of sp³-hybridized carbons (Fsp3) is 0.167. The van der Waals surface area contributed by atoms with Crippen LogP contribution in [0.3, 0.4) is 0 Å². The molecular weight excluding hydrogens is 372 g/mol. The highest BCUT2D eigenvalue weighted by Crippen LogP contribution is 2.26. The van der Waals surface area contributed by atoms with Gasteiger partial charge in [0.25, 0.3) is 0 Å². The van der Waals surface area contributed by atoms with E-state index in [4.69, 9.17) is 11.6 Å². The predicted molar refractivity (Wildman–Crippen MR) is 102 cm³/mol. The van der Waals surface area contributed by atoms with Crippen LogP contribution in [0.2, 0.25) is 4.34 Å². The van der Waals surface area contributed by atoms with Crippen molar-refractivity contribution >= 4 is 40.4 Å². The first-order valence-electron chi connectivity index (χ1n) is 7.95. The number of nitrogens with one attached hydrogen (secondary N) is 2. The Morgan fingerprint density at radius 2 is 2.08 bits per heavy atom. The summed E-state index contributed by atoms with van der Waals surface area (Å²) in [5.74, 6) is -1.41. The largest absolute Gasteiger partial charge is 0.340 e. The Morgan fingerprint density at radius 3 is 2.77 bits per heavy atom. The Hall–Kier alpha value is -2.64. The van der Waals surface area contributed by atoms with E-state index in [1.807, 2.05) is 36.5 Å². The molecule has 0 aliphatic carbocycles. The number of halogens is 1. The van der Waals surface area contributed by atoms with E-state index < -0.39 is 11.8 Å². The van der Waals surface area contributed by atoms with Crippen LogP contribution in [-0.4, -0.2) is 21.6 Å². The molecule has 1 atom stereocenters. The zero-order valence-corrected chi connectivity index (χ0v) is 15.6. The number of anilines is 1. The molecule has 134 valence electrons. The van der Waals surface area contributed by atoms with Gasteiger partial charge in [-0.05, 0) is 42.8 Å². The van der Waals surface area contributed by atoms with Gasteiger partial charge < -0.3 is 10.6 Å². The monoisotopic (exact) mass is 388 g/mol. The van der Waals surface area contributed by atoms with Crippen molar-refractivity contribution in [1.29, 1.82) is 0 Å². The van der Waals surface area contributed by atoms with Gasteiger partial charge in [0.2, 0.25) is 0 Å². The Morgan fingerprint density at radius 1 is 1.23 bits per heavy atom. The van der Waals surface area contributed by atoms with Gasteiger partial charge in [0.05, 0.1) is 16.9 Å². The summed E-state index contributed by atoms with van der Waals surface area (Å²) in [6.07, 6.45) is 3.56. The van der Waals surface area contributed by atoms with Gasteiger partial charge in [0, 0.05) is 23.0 Å². The molecule has 3 rings (SSSR count). The minimum absolute atomic E-state index is 0.295. The lowest BCUT2D eigenvalue weighted by atomic mass is 10.2. The molecule has 1 unspecified atom stereocenters. The normalized spacial score (nSPS) is 11.8. The second kappa shape index (κ2) is 8.16. The van der Waals surface area contributed by atoms with Crippen LogP contribution < -0.4 is 10.6 Å². The van der Waals surface area contributed by atoms with Crippen LogP contribution in [0, 0.1) is 0 Å². The van der Waals surface area contributed by atoms with Crippen LogP contribution >= 0.6 is 22.9 Å².